The zero-order chi connectivity index (χ0) is 12.1. The molecule has 0 saturated carbocycles. The molecule has 98 valence electrons. The average Bonchev–Trinajstić information content (AvgIpc) is 2.83. The molecule has 0 aromatic heterocycles. The van der Waals surface area contributed by atoms with Crippen LogP contribution in [-0.2, 0) is 14.3 Å². The molecule has 2 atom stereocenters. The Labute approximate surface area is 102 Å². The van der Waals surface area contributed by atoms with Gasteiger partial charge in [0.25, 0.3) is 5.91 Å². The summed E-state index contributed by atoms with van der Waals surface area (Å²) in [5.41, 5.74) is 0. The number of ether oxygens (including phenoxy) is 2. The SMILES string of the molecule is O=C1C(CCCO)OCCN1CC1CCCO1. The lowest BCUT2D eigenvalue weighted by Gasteiger charge is -2.33. The van der Waals surface area contributed by atoms with Gasteiger partial charge in [-0.3, -0.25) is 4.79 Å². The van der Waals surface area contributed by atoms with Crippen molar-refractivity contribution in [2.45, 2.75) is 37.9 Å². The molecule has 5 heteroatoms. The average molecular weight is 243 g/mol. The van der Waals surface area contributed by atoms with E-state index in [9.17, 15) is 4.79 Å². The second kappa shape index (κ2) is 6.33. The van der Waals surface area contributed by atoms with Crippen molar-refractivity contribution >= 4 is 5.91 Å². The monoisotopic (exact) mass is 243 g/mol. The van der Waals surface area contributed by atoms with E-state index in [0.717, 1.165) is 19.4 Å². The minimum absolute atomic E-state index is 0.0557. The fraction of sp³-hybridized carbons (Fsp3) is 0.917. The van der Waals surface area contributed by atoms with Crippen LogP contribution < -0.4 is 0 Å². The number of hydrogen-bond acceptors (Lipinski definition) is 4. The number of aliphatic hydroxyl groups excluding tert-OH is 1. The summed E-state index contributed by atoms with van der Waals surface area (Å²) in [4.78, 5) is 13.9. The van der Waals surface area contributed by atoms with E-state index in [-0.39, 0.29) is 24.7 Å². The molecule has 1 N–H and O–H groups in total. The third-order valence-electron chi connectivity index (χ3n) is 3.34. The molecule has 0 bridgehead atoms. The third kappa shape index (κ3) is 3.40. The molecule has 0 aromatic rings. The molecule has 2 aliphatic rings. The Hall–Kier alpha value is -0.650. The van der Waals surface area contributed by atoms with Crippen molar-refractivity contribution in [2.24, 2.45) is 0 Å². The first kappa shape index (κ1) is 12.8. The van der Waals surface area contributed by atoms with Gasteiger partial charge < -0.3 is 19.5 Å². The van der Waals surface area contributed by atoms with E-state index < -0.39 is 0 Å². The molecule has 2 saturated heterocycles. The summed E-state index contributed by atoms with van der Waals surface area (Å²) in [5, 5.41) is 8.78. The van der Waals surface area contributed by atoms with E-state index in [1.54, 1.807) is 0 Å². The number of nitrogens with zero attached hydrogens (tertiary/aromatic N) is 1. The van der Waals surface area contributed by atoms with Crippen LogP contribution >= 0.6 is 0 Å². The summed E-state index contributed by atoms with van der Waals surface area (Å²) in [6.07, 6.45) is 3.21. The summed E-state index contributed by atoms with van der Waals surface area (Å²) in [7, 11) is 0. The number of aliphatic hydroxyl groups is 1. The van der Waals surface area contributed by atoms with E-state index in [2.05, 4.69) is 0 Å². The molecule has 0 radical (unpaired) electrons. The summed E-state index contributed by atoms with van der Waals surface area (Å²) >= 11 is 0. The van der Waals surface area contributed by atoms with Crippen LogP contribution in [0.25, 0.3) is 0 Å². The molecular weight excluding hydrogens is 222 g/mol. The lowest BCUT2D eigenvalue weighted by Crippen LogP contribution is -2.50. The highest BCUT2D eigenvalue weighted by molar-refractivity contribution is 5.81. The van der Waals surface area contributed by atoms with Crippen LogP contribution in [0, 0.1) is 0 Å². The molecule has 2 aliphatic heterocycles. The number of morpholine rings is 1. The van der Waals surface area contributed by atoms with Crippen molar-refractivity contribution < 1.29 is 19.4 Å². The van der Waals surface area contributed by atoms with Gasteiger partial charge in [0, 0.05) is 26.3 Å². The summed E-state index contributed by atoms with van der Waals surface area (Å²) in [6, 6.07) is 0. The molecule has 0 aromatic carbocycles. The first-order valence-corrected chi connectivity index (χ1v) is 6.44. The molecule has 1 amide bonds. The van der Waals surface area contributed by atoms with E-state index in [1.165, 1.54) is 0 Å². The maximum Gasteiger partial charge on any atom is 0.251 e. The zero-order valence-corrected chi connectivity index (χ0v) is 10.1. The Morgan fingerprint density at radius 1 is 1.35 bits per heavy atom. The van der Waals surface area contributed by atoms with E-state index >= 15 is 0 Å². The fourth-order valence-electron chi connectivity index (χ4n) is 2.39. The molecule has 0 aliphatic carbocycles. The number of rotatable bonds is 5. The highest BCUT2D eigenvalue weighted by Crippen LogP contribution is 2.17. The van der Waals surface area contributed by atoms with Gasteiger partial charge in [0.2, 0.25) is 0 Å². The lowest BCUT2D eigenvalue weighted by molar-refractivity contribution is -0.155. The van der Waals surface area contributed by atoms with Gasteiger partial charge in [-0.05, 0) is 25.7 Å². The summed E-state index contributed by atoms with van der Waals surface area (Å²) < 4.78 is 11.0. The van der Waals surface area contributed by atoms with Gasteiger partial charge in [0.15, 0.2) is 0 Å². The molecule has 2 fully saturated rings. The normalized spacial score (nSPS) is 29.9. The molecular formula is C12H21NO4. The predicted octanol–water partition coefficient (Wildman–Crippen LogP) is 0.165. The minimum Gasteiger partial charge on any atom is -0.396 e. The van der Waals surface area contributed by atoms with Crippen molar-refractivity contribution in [1.29, 1.82) is 0 Å². The van der Waals surface area contributed by atoms with Crippen LogP contribution in [0.1, 0.15) is 25.7 Å². The number of amides is 1. The highest BCUT2D eigenvalue weighted by Gasteiger charge is 2.31. The maximum absolute atomic E-state index is 12.1. The standard InChI is InChI=1S/C12H21NO4/c14-6-1-4-11-12(15)13(5-8-17-11)9-10-3-2-7-16-10/h10-11,14H,1-9H2. The fourth-order valence-corrected chi connectivity index (χ4v) is 2.39. The topological polar surface area (TPSA) is 59.0 Å². The van der Waals surface area contributed by atoms with Crippen LogP contribution in [0.3, 0.4) is 0 Å². The first-order valence-electron chi connectivity index (χ1n) is 6.44. The molecule has 2 unspecified atom stereocenters. The lowest BCUT2D eigenvalue weighted by atomic mass is 10.1. The largest absolute Gasteiger partial charge is 0.396 e. The third-order valence-corrected chi connectivity index (χ3v) is 3.34. The summed E-state index contributed by atoms with van der Waals surface area (Å²) in [5.74, 6) is 0.0557. The Morgan fingerprint density at radius 3 is 2.94 bits per heavy atom. The van der Waals surface area contributed by atoms with Gasteiger partial charge in [-0.25, -0.2) is 0 Å². The predicted molar refractivity (Wildman–Crippen MR) is 61.6 cm³/mol. The van der Waals surface area contributed by atoms with Crippen molar-refractivity contribution in [3.8, 4) is 0 Å². The van der Waals surface area contributed by atoms with Crippen molar-refractivity contribution in [3.05, 3.63) is 0 Å². The molecule has 2 rings (SSSR count). The number of carbonyl (C=O) groups is 1. The van der Waals surface area contributed by atoms with Crippen LogP contribution in [0.5, 0.6) is 0 Å². The Balaban J connectivity index is 1.82. The van der Waals surface area contributed by atoms with Gasteiger partial charge in [0.05, 0.1) is 12.7 Å². The van der Waals surface area contributed by atoms with Crippen LogP contribution in [0.4, 0.5) is 0 Å². The van der Waals surface area contributed by atoms with E-state index in [0.29, 0.717) is 32.5 Å². The van der Waals surface area contributed by atoms with Crippen LogP contribution in [-0.4, -0.2) is 61.0 Å². The van der Waals surface area contributed by atoms with Crippen molar-refractivity contribution in [3.63, 3.8) is 0 Å². The van der Waals surface area contributed by atoms with Gasteiger partial charge >= 0.3 is 0 Å². The first-order chi connectivity index (χ1) is 8.31. The minimum atomic E-state index is -0.364. The van der Waals surface area contributed by atoms with Crippen molar-refractivity contribution in [1.82, 2.24) is 4.90 Å². The molecule has 17 heavy (non-hydrogen) atoms. The van der Waals surface area contributed by atoms with E-state index in [1.807, 2.05) is 4.90 Å². The Kier molecular flexibility index (Phi) is 4.76. The maximum atomic E-state index is 12.1. The molecule has 5 nitrogen and oxygen atoms in total. The Morgan fingerprint density at radius 2 is 2.24 bits per heavy atom. The van der Waals surface area contributed by atoms with Gasteiger partial charge in [-0.2, -0.15) is 0 Å². The van der Waals surface area contributed by atoms with Crippen molar-refractivity contribution in [2.75, 3.05) is 32.9 Å². The van der Waals surface area contributed by atoms with Gasteiger partial charge in [-0.1, -0.05) is 0 Å². The molecule has 2 heterocycles. The number of carbonyl (C=O) groups excluding carboxylic acids is 1. The van der Waals surface area contributed by atoms with Gasteiger partial charge in [0.1, 0.15) is 6.10 Å². The second-order valence-corrected chi connectivity index (χ2v) is 4.64. The van der Waals surface area contributed by atoms with Crippen LogP contribution in [0.15, 0.2) is 0 Å². The smallest absolute Gasteiger partial charge is 0.251 e. The number of hydrogen-bond donors (Lipinski definition) is 1. The zero-order valence-electron chi connectivity index (χ0n) is 10.1. The highest BCUT2D eigenvalue weighted by atomic mass is 16.5. The molecule has 0 spiro atoms. The second-order valence-electron chi connectivity index (χ2n) is 4.64. The van der Waals surface area contributed by atoms with Gasteiger partial charge in [-0.15, -0.1) is 0 Å². The van der Waals surface area contributed by atoms with E-state index in [4.69, 9.17) is 14.6 Å². The van der Waals surface area contributed by atoms with Crippen LogP contribution in [0.2, 0.25) is 0 Å². The summed E-state index contributed by atoms with van der Waals surface area (Å²) in [6.45, 7) is 2.87. The quantitative estimate of drug-likeness (QED) is 0.747. The Bertz CT molecular complexity index is 253.